The third-order valence-electron chi connectivity index (χ3n) is 5.20. The van der Waals surface area contributed by atoms with Gasteiger partial charge < -0.3 is 9.47 Å². The molecule has 0 radical (unpaired) electrons. The maximum atomic E-state index is 12.4. The Kier molecular flexibility index (Phi) is 4.47. The van der Waals surface area contributed by atoms with Crippen LogP contribution in [0.3, 0.4) is 0 Å². The molecule has 0 amide bonds. The summed E-state index contributed by atoms with van der Waals surface area (Å²) in [6.07, 6.45) is 1.96. The lowest BCUT2D eigenvalue weighted by atomic mass is 9.78. The van der Waals surface area contributed by atoms with Gasteiger partial charge in [0, 0.05) is 17.7 Å². The molecule has 1 saturated heterocycles. The Bertz CT molecular complexity index is 972. The Morgan fingerprint density at radius 2 is 2.00 bits per heavy atom. The number of nitrogens with one attached hydrogen (secondary N) is 1. The van der Waals surface area contributed by atoms with Crippen LogP contribution < -0.4 is 9.46 Å². The first-order valence-electron chi connectivity index (χ1n) is 8.61. The topological polar surface area (TPSA) is 98.8 Å². The minimum atomic E-state index is -3.49. The molecule has 3 rings (SSSR count). The summed E-state index contributed by atoms with van der Waals surface area (Å²) in [7, 11) is -2.19. The summed E-state index contributed by atoms with van der Waals surface area (Å²) >= 11 is 0. The molecule has 7 nitrogen and oxygen atoms in total. The number of methoxy groups -OCH3 is 1. The number of carbonyl (C=O) groups is 2. The Labute approximate surface area is 158 Å². The average Bonchev–Trinajstić information content (AvgIpc) is 3.03. The third kappa shape index (κ3) is 3.06. The van der Waals surface area contributed by atoms with Crippen molar-refractivity contribution in [2.24, 2.45) is 0 Å². The van der Waals surface area contributed by atoms with Crippen molar-refractivity contribution >= 4 is 28.0 Å². The molecule has 8 heteroatoms. The molecule has 1 N–H and O–H groups in total. The molecule has 0 spiro atoms. The SMILES string of the molecule is COC(=O)C(C)(C)c1cc(/C=C2\CCNS2(=O)=O)cc2c1OC(=O)C2(C)C. The molecule has 27 heavy (non-hydrogen) atoms. The summed E-state index contributed by atoms with van der Waals surface area (Å²) in [5.41, 5.74) is -0.286. The van der Waals surface area contributed by atoms with Gasteiger partial charge in [-0.2, -0.15) is 0 Å². The standard InChI is InChI=1S/C19H23NO6S/c1-18(2,16(21)25-5)13-9-11(8-12-6-7-20-27(12,23)24)10-14-15(13)26-17(22)19(14,3)4/h8-10,20H,6-7H2,1-5H3/b12-8+. The average molecular weight is 393 g/mol. The van der Waals surface area contributed by atoms with Crippen LogP contribution in [0.1, 0.15) is 50.8 Å². The fraction of sp³-hybridized carbons (Fsp3) is 0.474. The van der Waals surface area contributed by atoms with Crippen molar-refractivity contribution in [3.63, 3.8) is 0 Å². The molecule has 0 bridgehead atoms. The van der Waals surface area contributed by atoms with Crippen LogP contribution in [-0.2, 0) is 35.2 Å². The summed E-state index contributed by atoms with van der Waals surface area (Å²) in [6.45, 7) is 7.19. The molecule has 1 aromatic carbocycles. The molecule has 0 aliphatic carbocycles. The largest absolute Gasteiger partial charge is 0.468 e. The molecule has 0 unspecified atom stereocenters. The predicted octanol–water partition coefficient (Wildman–Crippen LogP) is 2.00. The molecule has 1 aromatic rings. The van der Waals surface area contributed by atoms with E-state index in [9.17, 15) is 18.0 Å². The first-order chi connectivity index (χ1) is 12.4. The van der Waals surface area contributed by atoms with Gasteiger partial charge in [0.1, 0.15) is 5.75 Å². The summed E-state index contributed by atoms with van der Waals surface area (Å²) in [5, 5.41) is 0. The van der Waals surface area contributed by atoms with Gasteiger partial charge in [-0.05, 0) is 57.9 Å². The van der Waals surface area contributed by atoms with Gasteiger partial charge in [-0.15, -0.1) is 0 Å². The lowest BCUT2D eigenvalue weighted by Crippen LogP contribution is -2.30. The molecule has 0 saturated carbocycles. The molecule has 2 aliphatic heterocycles. The molecule has 2 heterocycles. The van der Waals surface area contributed by atoms with E-state index >= 15 is 0 Å². The van der Waals surface area contributed by atoms with E-state index < -0.39 is 32.8 Å². The van der Waals surface area contributed by atoms with E-state index in [4.69, 9.17) is 9.47 Å². The highest BCUT2D eigenvalue weighted by Crippen LogP contribution is 2.46. The molecule has 1 fully saturated rings. The van der Waals surface area contributed by atoms with Crippen molar-refractivity contribution in [1.82, 2.24) is 4.72 Å². The second kappa shape index (κ2) is 6.17. The molecular weight excluding hydrogens is 370 g/mol. The maximum absolute atomic E-state index is 12.4. The summed E-state index contributed by atoms with van der Waals surface area (Å²) in [6, 6.07) is 3.43. The van der Waals surface area contributed by atoms with E-state index in [-0.39, 0.29) is 4.91 Å². The second-order valence-electron chi connectivity index (χ2n) is 7.83. The van der Waals surface area contributed by atoms with Crippen molar-refractivity contribution in [3.8, 4) is 5.75 Å². The van der Waals surface area contributed by atoms with Crippen LogP contribution in [0.25, 0.3) is 6.08 Å². The first kappa shape index (κ1) is 19.6. The van der Waals surface area contributed by atoms with E-state index in [2.05, 4.69) is 4.72 Å². The number of rotatable bonds is 3. The van der Waals surface area contributed by atoms with Gasteiger partial charge in [-0.1, -0.05) is 0 Å². The van der Waals surface area contributed by atoms with Gasteiger partial charge in [-0.3, -0.25) is 9.59 Å². The van der Waals surface area contributed by atoms with Crippen LogP contribution >= 0.6 is 0 Å². The number of sulfonamides is 1. The zero-order chi connectivity index (χ0) is 20.2. The van der Waals surface area contributed by atoms with Crippen molar-refractivity contribution in [1.29, 1.82) is 0 Å². The molecular formula is C19H23NO6S. The van der Waals surface area contributed by atoms with E-state index in [0.29, 0.717) is 35.4 Å². The van der Waals surface area contributed by atoms with Gasteiger partial charge in [0.05, 0.1) is 22.8 Å². The van der Waals surface area contributed by atoms with Crippen LogP contribution in [0.4, 0.5) is 0 Å². The number of fused-ring (bicyclic) bond motifs is 1. The van der Waals surface area contributed by atoms with Crippen molar-refractivity contribution < 1.29 is 27.5 Å². The Hall–Kier alpha value is -2.19. The minimum Gasteiger partial charge on any atom is -0.468 e. The van der Waals surface area contributed by atoms with Crippen LogP contribution in [0.15, 0.2) is 17.0 Å². The zero-order valence-electron chi connectivity index (χ0n) is 16.0. The van der Waals surface area contributed by atoms with Crippen LogP contribution in [-0.4, -0.2) is 34.0 Å². The summed E-state index contributed by atoms with van der Waals surface area (Å²) < 4.78 is 37.0. The van der Waals surface area contributed by atoms with E-state index in [1.54, 1.807) is 45.9 Å². The molecule has 146 valence electrons. The predicted molar refractivity (Wildman–Crippen MR) is 99.7 cm³/mol. The highest BCUT2D eigenvalue weighted by atomic mass is 32.2. The lowest BCUT2D eigenvalue weighted by molar-refractivity contribution is -0.146. The number of esters is 2. The quantitative estimate of drug-likeness (QED) is 0.623. The fourth-order valence-corrected chi connectivity index (χ4v) is 4.56. The first-order valence-corrected chi connectivity index (χ1v) is 10.1. The molecule has 2 aliphatic rings. The molecule has 0 aromatic heterocycles. The highest BCUT2D eigenvalue weighted by Gasteiger charge is 2.46. The Morgan fingerprint density at radius 3 is 2.56 bits per heavy atom. The van der Waals surface area contributed by atoms with Crippen molar-refractivity contribution in [2.45, 2.75) is 44.9 Å². The van der Waals surface area contributed by atoms with Gasteiger partial charge in [0.15, 0.2) is 0 Å². The number of hydrogen-bond donors (Lipinski definition) is 1. The number of hydrogen-bond acceptors (Lipinski definition) is 6. The van der Waals surface area contributed by atoms with Crippen LogP contribution in [0.2, 0.25) is 0 Å². The number of ether oxygens (including phenoxy) is 2. The fourth-order valence-electron chi connectivity index (χ4n) is 3.34. The lowest BCUT2D eigenvalue weighted by Gasteiger charge is -2.25. The van der Waals surface area contributed by atoms with Gasteiger partial charge in [0.25, 0.3) is 0 Å². The summed E-state index contributed by atoms with van der Waals surface area (Å²) in [4.78, 5) is 25.0. The minimum absolute atomic E-state index is 0.271. The summed E-state index contributed by atoms with van der Waals surface area (Å²) in [5.74, 6) is -0.556. The highest BCUT2D eigenvalue weighted by molar-refractivity contribution is 7.93. The number of benzene rings is 1. The van der Waals surface area contributed by atoms with Gasteiger partial charge in [0.2, 0.25) is 10.0 Å². The van der Waals surface area contributed by atoms with E-state index in [1.807, 2.05) is 0 Å². The van der Waals surface area contributed by atoms with Crippen molar-refractivity contribution in [2.75, 3.05) is 13.7 Å². The third-order valence-corrected chi connectivity index (χ3v) is 6.79. The van der Waals surface area contributed by atoms with Crippen LogP contribution in [0.5, 0.6) is 5.75 Å². The second-order valence-corrected chi connectivity index (χ2v) is 9.65. The van der Waals surface area contributed by atoms with Gasteiger partial charge in [-0.25, -0.2) is 13.1 Å². The maximum Gasteiger partial charge on any atom is 0.321 e. The zero-order valence-corrected chi connectivity index (χ0v) is 16.8. The van der Waals surface area contributed by atoms with Crippen LogP contribution in [0, 0.1) is 0 Å². The van der Waals surface area contributed by atoms with E-state index in [1.165, 1.54) is 7.11 Å². The number of carbonyl (C=O) groups excluding carboxylic acids is 2. The Balaban J connectivity index is 2.26. The van der Waals surface area contributed by atoms with Crippen molar-refractivity contribution in [3.05, 3.63) is 33.7 Å². The van der Waals surface area contributed by atoms with E-state index in [0.717, 1.165) is 0 Å². The monoisotopic (exact) mass is 393 g/mol. The Morgan fingerprint density at radius 1 is 1.33 bits per heavy atom. The van der Waals surface area contributed by atoms with Gasteiger partial charge >= 0.3 is 11.9 Å². The smallest absolute Gasteiger partial charge is 0.321 e. The molecule has 0 atom stereocenters. The normalized spacial score (nSPS) is 21.8.